The van der Waals surface area contributed by atoms with Crippen molar-refractivity contribution in [2.24, 2.45) is 22.7 Å². The molecule has 2 N–H and O–H groups in total. The quantitative estimate of drug-likeness (QED) is 0.717. The van der Waals surface area contributed by atoms with Gasteiger partial charge in [0.15, 0.2) is 0 Å². The van der Waals surface area contributed by atoms with Gasteiger partial charge in [-0.15, -0.1) is 0 Å². The maximum atomic E-state index is 11.8. The van der Waals surface area contributed by atoms with Gasteiger partial charge in [0.1, 0.15) is 0 Å². The van der Waals surface area contributed by atoms with Gasteiger partial charge in [0.25, 0.3) is 0 Å². The first-order valence-electron chi connectivity index (χ1n) is 8.95. The van der Waals surface area contributed by atoms with E-state index >= 15 is 0 Å². The van der Waals surface area contributed by atoms with Crippen LogP contribution < -0.4 is 0 Å². The van der Waals surface area contributed by atoms with E-state index in [-0.39, 0.29) is 10.8 Å². The van der Waals surface area contributed by atoms with E-state index in [1.807, 2.05) is 13.0 Å². The van der Waals surface area contributed by atoms with Crippen molar-refractivity contribution in [1.29, 1.82) is 0 Å². The van der Waals surface area contributed by atoms with E-state index in [9.17, 15) is 14.7 Å². The average Bonchev–Trinajstić information content (AvgIpc) is 2.48. The van der Waals surface area contributed by atoms with Gasteiger partial charge in [-0.2, -0.15) is 0 Å². The highest BCUT2D eigenvalue weighted by Crippen LogP contribution is 2.62. The molecule has 1 saturated carbocycles. The van der Waals surface area contributed by atoms with Crippen LogP contribution in [0.25, 0.3) is 0 Å². The number of aliphatic carboxylic acids is 2. The Balaban J connectivity index is 2.29. The Labute approximate surface area is 144 Å². The molecule has 0 aromatic rings. The minimum Gasteiger partial charge on any atom is -0.478 e. The van der Waals surface area contributed by atoms with E-state index in [1.54, 1.807) is 0 Å². The number of allylic oxidation sites excluding steroid dienone is 2. The Morgan fingerprint density at radius 1 is 1.29 bits per heavy atom. The number of carbonyl (C=O) groups is 2. The summed E-state index contributed by atoms with van der Waals surface area (Å²) >= 11 is 0. The van der Waals surface area contributed by atoms with Crippen molar-refractivity contribution in [1.82, 2.24) is 0 Å². The van der Waals surface area contributed by atoms with Crippen LogP contribution in [-0.2, 0) is 9.59 Å². The summed E-state index contributed by atoms with van der Waals surface area (Å²) in [6, 6.07) is 0. The van der Waals surface area contributed by atoms with Gasteiger partial charge in [-0.1, -0.05) is 32.4 Å². The fraction of sp³-hybridized carbons (Fsp3) is 0.700. The summed E-state index contributed by atoms with van der Waals surface area (Å²) in [4.78, 5) is 22.6. The third-order valence-corrected chi connectivity index (χ3v) is 6.86. The number of carboxylic acid groups (broad SMARTS) is 2. The van der Waals surface area contributed by atoms with E-state index < -0.39 is 11.9 Å². The van der Waals surface area contributed by atoms with E-state index in [0.29, 0.717) is 17.4 Å². The number of fused-ring (bicyclic) bond motifs is 1. The van der Waals surface area contributed by atoms with Crippen molar-refractivity contribution >= 4 is 11.9 Å². The number of hydrogen-bond acceptors (Lipinski definition) is 2. The van der Waals surface area contributed by atoms with Crippen LogP contribution in [0.5, 0.6) is 0 Å². The van der Waals surface area contributed by atoms with Crippen molar-refractivity contribution in [3.05, 3.63) is 23.3 Å². The van der Waals surface area contributed by atoms with Crippen molar-refractivity contribution in [2.45, 2.75) is 66.2 Å². The van der Waals surface area contributed by atoms with Gasteiger partial charge >= 0.3 is 11.9 Å². The molecule has 4 nitrogen and oxygen atoms in total. The molecular weight excluding hydrogens is 304 g/mol. The molecule has 0 spiro atoms. The summed E-state index contributed by atoms with van der Waals surface area (Å²) in [6.07, 6.45) is 8.68. The molecule has 2 rings (SSSR count). The normalized spacial score (nSPS) is 36.7. The highest BCUT2D eigenvalue weighted by Gasteiger charge is 2.55. The zero-order chi connectivity index (χ0) is 18.1. The summed E-state index contributed by atoms with van der Waals surface area (Å²) in [6.45, 7) is 8.56. The van der Waals surface area contributed by atoms with Gasteiger partial charge in [0.2, 0.25) is 0 Å². The van der Waals surface area contributed by atoms with Gasteiger partial charge in [-0.3, -0.25) is 0 Å². The molecule has 4 atom stereocenters. The van der Waals surface area contributed by atoms with Gasteiger partial charge in [-0.25, -0.2) is 9.59 Å². The lowest BCUT2D eigenvalue weighted by molar-refractivity contribution is -0.137. The first-order chi connectivity index (χ1) is 11.1. The zero-order valence-corrected chi connectivity index (χ0v) is 15.3. The van der Waals surface area contributed by atoms with Crippen molar-refractivity contribution in [3.8, 4) is 0 Å². The van der Waals surface area contributed by atoms with E-state index in [4.69, 9.17) is 5.11 Å². The van der Waals surface area contributed by atoms with Crippen LogP contribution in [0.1, 0.15) is 66.2 Å². The van der Waals surface area contributed by atoms with Crippen LogP contribution >= 0.6 is 0 Å². The molecule has 0 saturated heterocycles. The smallest absolute Gasteiger partial charge is 0.331 e. The Kier molecular flexibility index (Phi) is 5.26. The zero-order valence-electron chi connectivity index (χ0n) is 15.3. The molecule has 134 valence electrons. The van der Waals surface area contributed by atoms with Gasteiger partial charge < -0.3 is 10.2 Å². The summed E-state index contributed by atoms with van der Waals surface area (Å²) in [5.41, 5.74) is 1.24. The summed E-state index contributed by atoms with van der Waals surface area (Å²) in [5, 5.41) is 18.6. The predicted octanol–water partition coefficient (Wildman–Crippen LogP) is 4.66. The first-order valence-corrected chi connectivity index (χ1v) is 8.95. The average molecular weight is 334 g/mol. The molecule has 0 bridgehead atoms. The Bertz CT molecular complexity index is 588. The molecule has 24 heavy (non-hydrogen) atoms. The summed E-state index contributed by atoms with van der Waals surface area (Å²) in [7, 11) is 0. The van der Waals surface area contributed by atoms with Crippen molar-refractivity contribution in [2.75, 3.05) is 0 Å². The minimum atomic E-state index is -0.895. The van der Waals surface area contributed by atoms with E-state index in [1.165, 1.54) is 6.08 Å². The van der Waals surface area contributed by atoms with Crippen LogP contribution in [-0.4, -0.2) is 22.2 Å². The number of rotatable bonds is 5. The SMILES string of the molecule is C/C(=C\C(=O)O)CCC1(C)C(C)CCC2(C)C(C(=O)O)=CCCC21. The predicted molar refractivity (Wildman–Crippen MR) is 93.7 cm³/mol. The summed E-state index contributed by atoms with van der Waals surface area (Å²) in [5.74, 6) is -0.821. The molecule has 0 aliphatic heterocycles. The molecule has 2 aliphatic rings. The fourth-order valence-electron chi connectivity index (χ4n) is 5.19. The summed E-state index contributed by atoms with van der Waals surface area (Å²) < 4.78 is 0. The third-order valence-electron chi connectivity index (χ3n) is 6.86. The monoisotopic (exact) mass is 334 g/mol. The van der Waals surface area contributed by atoms with Gasteiger partial charge in [-0.05, 0) is 62.7 Å². The second-order valence-electron chi connectivity index (χ2n) is 8.24. The molecule has 2 aliphatic carbocycles. The molecule has 0 heterocycles. The topological polar surface area (TPSA) is 74.6 Å². The van der Waals surface area contributed by atoms with Crippen LogP contribution in [0.15, 0.2) is 23.3 Å². The first kappa shape index (κ1) is 18.8. The maximum absolute atomic E-state index is 11.8. The molecule has 1 fully saturated rings. The van der Waals surface area contributed by atoms with Gasteiger partial charge in [0, 0.05) is 17.1 Å². The molecule has 4 unspecified atom stereocenters. The highest BCUT2D eigenvalue weighted by molar-refractivity contribution is 5.88. The van der Waals surface area contributed by atoms with Crippen LogP contribution in [0, 0.1) is 22.7 Å². The molecule has 0 radical (unpaired) electrons. The second kappa shape index (κ2) is 6.73. The molecular formula is C20H30O4. The largest absolute Gasteiger partial charge is 0.478 e. The third kappa shape index (κ3) is 3.28. The second-order valence-corrected chi connectivity index (χ2v) is 8.24. The Morgan fingerprint density at radius 3 is 2.54 bits per heavy atom. The molecule has 4 heteroatoms. The van der Waals surface area contributed by atoms with Crippen molar-refractivity contribution in [3.63, 3.8) is 0 Å². The Morgan fingerprint density at radius 2 is 1.96 bits per heavy atom. The standard InChI is InChI=1S/C20H30O4/c1-13(12-17(21)22)8-10-19(3)14(2)9-11-20(4)15(18(23)24)6-5-7-16(19)20/h6,12,14,16H,5,7-11H2,1-4H3,(H,21,22)(H,23,24)/b13-12+. The van der Waals surface area contributed by atoms with Crippen LogP contribution in [0.2, 0.25) is 0 Å². The van der Waals surface area contributed by atoms with Gasteiger partial charge in [0.05, 0.1) is 0 Å². The molecule has 0 amide bonds. The molecule has 0 aromatic heterocycles. The van der Waals surface area contributed by atoms with Crippen LogP contribution in [0.3, 0.4) is 0 Å². The molecule has 0 aromatic carbocycles. The minimum absolute atomic E-state index is 0.0373. The number of carboxylic acids is 2. The number of hydrogen-bond donors (Lipinski definition) is 2. The van der Waals surface area contributed by atoms with E-state index in [0.717, 1.165) is 44.1 Å². The van der Waals surface area contributed by atoms with E-state index in [2.05, 4.69) is 20.8 Å². The van der Waals surface area contributed by atoms with Crippen molar-refractivity contribution < 1.29 is 19.8 Å². The highest BCUT2D eigenvalue weighted by atomic mass is 16.4. The lowest BCUT2D eigenvalue weighted by Gasteiger charge is -2.57. The lowest BCUT2D eigenvalue weighted by atomic mass is 9.46. The lowest BCUT2D eigenvalue weighted by Crippen LogP contribution is -2.51. The maximum Gasteiger partial charge on any atom is 0.331 e. The fourth-order valence-corrected chi connectivity index (χ4v) is 5.19. The Hall–Kier alpha value is -1.58. The van der Waals surface area contributed by atoms with Crippen LogP contribution in [0.4, 0.5) is 0 Å².